The predicted octanol–water partition coefficient (Wildman–Crippen LogP) is 5.58. The van der Waals surface area contributed by atoms with Gasteiger partial charge in [-0.05, 0) is 62.1 Å². The molecule has 0 bridgehead atoms. The van der Waals surface area contributed by atoms with Crippen LogP contribution in [0.3, 0.4) is 0 Å². The maximum Gasteiger partial charge on any atom is 0.164 e. The fourth-order valence-electron chi connectivity index (χ4n) is 2.38. The van der Waals surface area contributed by atoms with Crippen LogP contribution in [-0.2, 0) is 0 Å². The largest absolute Gasteiger partial charge is 0.376 e. The third-order valence-electron chi connectivity index (χ3n) is 3.67. The summed E-state index contributed by atoms with van der Waals surface area (Å²) >= 11 is 5.81. The van der Waals surface area contributed by atoms with E-state index in [0.29, 0.717) is 5.69 Å². The summed E-state index contributed by atoms with van der Waals surface area (Å²) in [5, 5.41) is 3.33. The second kappa shape index (κ2) is 5.84. The standard InChI is InChI=1S/C17H19ClFN/c1-10-8-12(3)14(9-11(10)2)13(4)20-16-7-5-6-15(18)17(16)19/h5-9,13,20H,1-4H3. The second-order valence-corrected chi connectivity index (χ2v) is 5.67. The summed E-state index contributed by atoms with van der Waals surface area (Å²) in [5.41, 5.74) is 5.32. The summed E-state index contributed by atoms with van der Waals surface area (Å²) in [7, 11) is 0. The van der Waals surface area contributed by atoms with Crippen molar-refractivity contribution in [1.82, 2.24) is 0 Å². The first-order valence-corrected chi connectivity index (χ1v) is 7.06. The van der Waals surface area contributed by atoms with Crippen molar-refractivity contribution in [3.8, 4) is 0 Å². The third-order valence-corrected chi connectivity index (χ3v) is 3.96. The van der Waals surface area contributed by atoms with Crippen LogP contribution in [0, 0.1) is 26.6 Å². The summed E-state index contributed by atoms with van der Waals surface area (Å²) in [5.74, 6) is -0.400. The normalized spacial score (nSPS) is 12.3. The van der Waals surface area contributed by atoms with E-state index in [1.54, 1.807) is 18.2 Å². The van der Waals surface area contributed by atoms with Crippen LogP contribution in [0.15, 0.2) is 30.3 Å². The first-order valence-electron chi connectivity index (χ1n) is 6.68. The molecule has 0 aromatic heterocycles. The molecule has 0 spiro atoms. The van der Waals surface area contributed by atoms with Crippen LogP contribution in [0.2, 0.25) is 5.02 Å². The van der Waals surface area contributed by atoms with Crippen LogP contribution in [0.25, 0.3) is 0 Å². The highest BCUT2D eigenvalue weighted by molar-refractivity contribution is 6.31. The number of benzene rings is 2. The van der Waals surface area contributed by atoms with Gasteiger partial charge in [0.05, 0.1) is 10.7 Å². The highest BCUT2D eigenvalue weighted by Crippen LogP contribution is 2.28. The number of halogens is 2. The lowest BCUT2D eigenvalue weighted by molar-refractivity contribution is 0.628. The van der Waals surface area contributed by atoms with Crippen molar-refractivity contribution in [1.29, 1.82) is 0 Å². The molecule has 0 aliphatic rings. The second-order valence-electron chi connectivity index (χ2n) is 5.26. The van der Waals surface area contributed by atoms with Gasteiger partial charge < -0.3 is 5.32 Å². The Morgan fingerprint density at radius 3 is 2.40 bits per heavy atom. The van der Waals surface area contributed by atoms with Crippen LogP contribution in [0.4, 0.5) is 10.1 Å². The Bertz CT molecular complexity index is 637. The average molecular weight is 292 g/mol. The molecule has 0 heterocycles. The monoisotopic (exact) mass is 291 g/mol. The van der Waals surface area contributed by atoms with E-state index < -0.39 is 5.82 Å². The van der Waals surface area contributed by atoms with Gasteiger partial charge in [-0.15, -0.1) is 0 Å². The van der Waals surface area contributed by atoms with Crippen LogP contribution >= 0.6 is 11.6 Å². The minimum atomic E-state index is -0.400. The van der Waals surface area contributed by atoms with Gasteiger partial charge in [0, 0.05) is 6.04 Å². The first kappa shape index (κ1) is 14.9. The van der Waals surface area contributed by atoms with Crippen molar-refractivity contribution in [2.24, 2.45) is 0 Å². The Morgan fingerprint density at radius 2 is 1.70 bits per heavy atom. The average Bonchev–Trinajstić information content (AvgIpc) is 2.39. The smallest absolute Gasteiger partial charge is 0.164 e. The quantitative estimate of drug-likeness (QED) is 0.778. The molecule has 0 amide bonds. The number of nitrogens with one attached hydrogen (secondary N) is 1. The van der Waals surface area contributed by atoms with Gasteiger partial charge in [-0.25, -0.2) is 4.39 Å². The van der Waals surface area contributed by atoms with Crippen LogP contribution < -0.4 is 5.32 Å². The van der Waals surface area contributed by atoms with Gasteiger partial charge in [0.2, 0.25) is 0 Å². The molecule has 1 unspecified atom stereocenters. The number of rotatable bonds is 3. The molecule has 0 radical (unpaired) electrons. The fraction of sp³-hybridized carbons (Fsp3) is 0.294. The molecule has 106 valence electrons. The molecule has 2 rings (SSSR count). The summed E-state index contributed by atoms with van der Waals surface area (Å²) in [6, 6.07) is 9.33. The molecule has 2 aromatic rings. The van der Waals surface area contributed by atoms with E-state index in [4.69, 9.17) is 11.6 Å². The van der Waals surface area contributed by atoms with Crippen LogP contribution in [0.1, 0.15) is 35.2 Å². The highest BCUT2D eigenvalue weighted by Gasteiger charge is 2.13. The third kappa shape index (κ3) is 2.96. The van der Waals surface area contributed by atoms with Crippen molar-refractivity contribution in [2.45, 2.75) is 33.7 Å². The Hall–Kier alpha value is -1.54. The first-order chi connectivity index (χ1) is 9.40. The Balaban J connectivity index is 2.31. The Morgan fingerprint density at radius 1 is 1.05 bits per heavy atom. The van der Waals surface area contributed by atoms with Crippen molar-refractivity contribution >= 4 is 17.3 Å². The summed E-state index contributed by atoms with van der Waals surface area (Å²) < 4.78 is 13.9. The summed E-state index contributed by atoms with van der Waals surface area (Å²) in [4.78, 5) is 0. The molecule has 3 heteroatoms. The molecule has 1 nitrogen and oxygen atoms in total. The molecule has 0 aliphatic heterocycles. The maximum atomic E-state index is 13.9. The van der Waals surface area contributed by atoms with Crippen molar-refractivity contribution < 1.29 is 4.39 Å². The lowest BCUT2D eigenvalue weighted by Crippen LogP contribution is -2.10. The van der Waals surface area contributed by atoms with Crippen LogP contribution in [-0.4, -0.2) is 0 Å². The minimum Gasteiger partial charge on any atom is -0.376 e. The van der Waals surface area contributed by atoms with E-state index in [1.807, 2.05) is 6.92 Å². The van der Waals surface area contributed by atoms with Gasteiger partial charge >= 0.3 is 0 Å². The van der Waals surface area contributed by atoms with E-state index in [0.717, 1.165) is 0 Å². The molecule has 0 aliphatic carbocycles. The van der Waals surface area contributed by atoms with Crippen LogP contribution in [0.5, 0.6) is 0 Å². The van der Waals surface area contributed by atoms with Crippen molar-refractivity contribution in [3.63, 3.8) is 0 Å². The SMILES string of the molecule is Cc1cc(C)c(C(C)Nc2cccc(Cl)c2F)cc1C. The highest BCUT2D eigenvalue weighted by atomic mass is 35.5. The van der Waals surface area contributed by atoms with Gasteiger partial charge in [-0.2, -0.15) is 0 Å². The number of aryl methyl sites for hydroxylation is 3. The predicted molar refractivity (Wildman–Crippen MR) is 84.1 cm³/mol. The lowest BCUT2D eigenvalue weighted by Gasteiger charge is -2.20. The fourth-order valence-corrected chi connectivity index (χ4v) is 2.55. The van der Waals surface area contributed by atoms with Gasteiger partial charge in [0.25, 0.3) is 0 Å². The zero-order valence-corrected chi connectivity index (χ0v) is 13.0. The van der Waals surface area contributed by atoms with Crippen molar-refractivity contribution in [3.05, 3.63) is 63.4 Å². The number of hydrogen-bond donors (Lipinski definition) is 1. The van der Waals surface area contributed by atoms with Gasteiger partial charge in [-0.1, -0.05) is 29.8 Å². The van der Waals surface area contributed by atoms with Crippen molar-refractivity contribution in [2.75, 3.05) is 5.32 Å². The minimum absolute atomic E-state index is 0.0160. The van der Waals surface area contributed by atoms with E-state index in [1.165, 1.54) is 22.3 Å². The van der Waals surface area contributed by atoms with E-state index in [-0.39, 0.29) is 11.1 Å². The Kier molecular flexibility index (Phi) is 4.34. The topological polar surface area (TPSA) is 12.0 Å². The molecule has 0 saturated heterocycles. The summed E-state index contributed by atoms with van der Waals surface area (Å²) in [6.07, 6.45) is 0. The molecule has 0 saturated carbocycles. The zero-order chi connectivity index (χ0) is 14.9. The molecular weight excluding hydrogens is 273 g/mol. The van der Waals surface area contributed by atoms with E-state index >= 15 is 0 Å². The Labute approximate surface area is 124 Å². The molecule has 0 fully saturated rings. The number of anilines is 1. The summed E-state index contributed by atoms with van der Waals surface area (Å²) in [6.45, 7) is 8.29. The molecule has 1 atom stereocenters. The van der Waals surface area contributed by atoms with E-state index in [2.05, 4.69) is 38.2 Å². The molecule has 1 N–H and O–H groups in total. The van der Waals surface area contributed by atoms with Gasteiger partial charge in [0.15, 0.2) is 5.82 Å². The molecule has 20 heavy (non-hydrogen) atoms. The zero-order valence-electron chi connectivity index (χ0n) is 12.2. The van der Waals surface area contributed by atoms with Gasteiger partial charge in [-0.3, -0.25) is 0 Å². The molecular formula is C17H19ClFN. The molecule has 2 aromatic carbocycles. The number of hydrogen-bond acceptors (Lipinski definition) is 1. The van der Waals surface area contributed by atoms with Gasteiger partial charge in [0.1, 0.15) is 0 Å². The maximum absolute atomic E-state index is 13.9. The lowest BCUT2D eigenvalue weighted by atomic mass is 9.96. The van der Waals surface area contributed by atoms with E-state index in [9.17, 15) is 4.39 Å².